The van der Waals surface area contributed by atoms with Crippen LogP contribution < -0.4 is 15.8 Å². The van der Waals surface area contributed by atoms with E-state index in [0.717, 1.165) is 18.6 Å². The molecule has 1 aromatic heterocycles. The maximum atomic E-state index is 11.9. The Bertz CT molecular complexity index is 1210. The minimum atomic E-state index is -0.113. The molecule has 2 aromatic carbocycles. The van der Waals surface area contributed by atoms with Gasteiger partial charge in [-0.25, -0.2) is 9.97 Å². The summed E-state index contributed by atoms with van der Waals surface area (Å²) in [6, 6.07) is 18.7. The quantitative estimate of drug-likeness (QED) is 0.426. The maximum Gasteiger partial charge on any atom is 0.236 e. The predicted molar refractivity (Wildman–Crippen MR) is 133 cm³/mol. The molecule has 35 heavy (non-hydrogen) atoms. The molecule has 1 aliphatic heterocycles. The molecule has 0 aliphatic carbocycles. The molecule has 178 valence electrons. The molecule has 0 saturated carbocycles. The lowest BCUT2D eigenvalue weighted by molar-refractivity contribution is -0.131. The van der Waals surface area contributed by atoms with E-state index in [9.17, 15) is 4.79 Å². The molecule has 4 rings (SSSR count). The van der Waals surface area contributed by atoms with Crippen molar-refractivity contribution in [2.45, 2.75) is 19.3 Å². The van der Waals surface area contributed by atoms with Gasteiger partial charge < -0.3 is 20.7 Å². The molecular formula is C26H27N7O2. The highest BCUT2D eigenvalue weighted by atomic mass is 16.5. The van der Waals surface area contributed by atoms with Crippen molar-refractivity contribution in [2.75, 3.05) is 30.7 Å². The number of likely N-dealkylation sites (tertiary alicyclic amines) is 1. The van der Waals surface area contributed by atoms with Crippen LogP contribution in [0.4, 0.5) is 11.6 Å². The number of nitriles is 1. The minimum Gasteiger partial charge on any atom is -0.457 e. The molecule has 0 bridgehead atoms. The molecule has 1 saturated heterocycles. The SMILES string of the molecule is N#CCC(=O)N1CCC(CNc2ncnc(N)c2C(=N)c2ccc(Oc3ccccc3)cc2)CC1. The molecule has 0 unspecified atom stereocenters. The van der Waals surface area contributed by atoms with Crippen LogP contribution in [0.2, 0.25) is 0 Å². The van der Waals surface area contributed by atoms with E-state index in [-0.39, 0.29) is 23.9 Å². The Morgan fingerprint density at radius 1 is 1.11 bits per heavy atom. The fourth-order valence-corrected chi connectivity index (χ4v) is 4.05. The Labute approximate surface area is 204 Å². The number of ether oxygens (including phenoxy) is 1. The zero-order valence-corrected chi connectivity index (χ0v) is 19.3. The van der Waals surface area contributed by atoms with Gasteiger partial charge in [-0.1, -0.05) is 18.2 Å². The van der Waals surface area contributed by atoms with Crippen molar-refractivity contribution < 1.29 is 9.53 Å². The number of amides is 1. The number of hydrogen-bond acceptors (Lipinski definition) is 8. The number of nitrogens with one attached hydrogen (secondary N) is 2. The second kappa shape index (κ2) is 11.1. The van der Waals surface area contributed by atoms with Crippen LogP contribution in [-0.2, 0) is 4.79 Å². The van der Waals surface area contributed by atoms with E-state index in [1.54, 1.807) is 4.90 Å². The van der Waals surface area contributed by atoms with Gasteiger partial charge in [-0.15, -0.1) is 0 Å². The lowest BCUT2D eigenvalue weighted by atomic mass is 9.96. The Hall–Kier alpha value is -4.45. The summed E-state index contributed by atoms with van der Waals surface area (Å²) in [4.78, 5) is 22.1. The van der Waals surface area contributed by atoms with E-state index < -0.39 is 0 Å². The molecule has 0 atom stereocenters. The molecule has 0 spiro atoms. The van der Waals surface area contributed by atoms with E-state index in [2.05, 4.69) is 15.3 Å². The molecule has 9 nitrogen and oxygen atoms in total. The molecular weight excluding hydrogens is 442 g/mol. The van der Waals surface area contributed by atoms with Gasteiger partial charge in [0.1, 0.15) is 35.9 Å². The average molecular weight is 470 g/mol. The van der Waals surface area contributed by atoms with Gasteiger partial charge in [0, 0.05) is 25.2 Å². The fourth-order valence-electron chi connectivity index (χ4n) is 4.05. The van der Waals surface area contributed by atoms with Crippen LogP contribution in [-0.4, -0.2) is 46.1 Å². The molecule has 9 heteroatoms. The molecule has 0 radical (unpaired) electrons. The van der Waals surface area contributed by atoms with Crippen molar-refractivity contribution in [1.82, 2.24) is 14.9 Å². The van der Waals surface area contributed by atoms with E-state index in [1.807, 2.05) is 60.7 Å². The number of nitrogens with two attached hydrogens (primary N) is 1. The second-order valence-corrected chi connectivity index (χ2v) is 8.34. The summed E-state index contributed by atoms with van der Waals surface area (Å²) in [6.07, 6.45) is 2.98. The number of benzene rings is 2. The van der Waals surface area contributed by atoms with Crippen molar-refractivity contribution in [2.24, 2.45) is 5.92 Å². The van der Waals surface area contributed by atoms with Crippen molar-refractivity contribution in [3.05, 3.63) is 72.1 Å². The van der Waals surface area contributed by atoms with E-state index in [0.29, 0.717) is 48.2 Å². The van der Waals surface area contributed by atoms with E-state index in [4.69, 9.17) is 21.1 Å². The van der Waals surface area contributed by atoms with Gasteiger partial charge in [-0.05, 0) is 55.2 Å². The summed E-state index contributed by atoms with van der Waals surface area (Å²) in [5, 5.41) is 20.8. The zero-order chi connectivity index (χ0) is 24.6. The smallest absolute Gasteiger partial charge is 0.236 e. The topological polar surface area (TPSA) is 141 Å². The third kappa shape index (κ3) is 5.92. The van der Waals surface area contributed by atoms with Gasteiger partial charge >= 0.3 is 0 Å². The third-order valence-corrected chi connectivity index (χ3v) is 6.00. The summed E-state index contributed by atoms with van der Waals surface area (Å²) < 4.78 is 5.84. The number of aromatic nitrogens is 2. The van der Waals surface area contributed by atoms with Gasteiger partial charge in [-0.2, -0.15) is 5.26 Å². The number of para-hydroxylation sites is 1. The lowest BCUT2D eigenvalue weighted by Crippen LogP contribution is -2.39. The van der Waals surface area contributed by atoms with Crippen molar-refractivity contribution >= 4 is 23.3 Å². The summed E-state index contributed by atoms with van der Waals surface area (Å²) in [5.74, 6) is 2.38. The summed E-state index contributed by atoms with van der Waals surface area (Å²) in [5.41, 5.74) is 7.49. The number of carbonyl (C=O) groups excluding carboxylic acids is 1. The number of nitrogens with zero attached hydrogens (tertiary/aromatic N) is 4. The minimum absolute atomic E-state index is 0.0754. The number of carbonyl (C=O) groups is 1. The van der Waals surface area contributed by atoms with Crippen LogP contribution in [0.1, 0.15) is 30.4 Å². The molecule has 1 amide bonds. The highest BCUT2D eigenvalue weighted by Gasteiger charge is 2.23. The Kier molecular flexibility index (Phi) is 7.53. The van der Waals surface area contributed by atoms with Crippen molar-refractivity contribution in [3.63, 3.8) is 0 Å². The zero-order valence-electron chi connectivity index (χ0n) is 19.3. The van der Waals surface area contributed by atoms with Crippen LogP contribution in [0.3, 0.4) is 0 Å². The molecule has 1 fully saturated rings. The summed E-state index contributed by atoms with van der Waals surface area (Å²) >= 11 is 0. The van der Waals surface area contributed by atoms with Crippen LogP contribution >= 0.6 is 0 Å². The number of hydrogen-bond donors (Lipinski definition) is 3. The standard InChI is InChI=1S/C26H27N7O2/c27-13-10-22(34)33-14-11-18(12-15-33)16-30-26-23(25(29)31-17-32-26)24(28)19-6-8-21(9-7-19)35-20-4-2-1-3-5-20/h1-9,17-18,28H,10-12,14-16H2,(H3,29,30,31,32). The molecule has 1 aliphatic rings. The second-order valence-electron chi connectivity index (χ2n) is 8.34. The molecule has 3 aromatic rings. The first-order chi connectivity index (χ1) is 17.0. The lowest BCUT2D eigenvalue weighted by Gasteiger charge is -2.31. The Balaban J connectivity index is 1.40. The fraction of sp³-hybridized carbons (Fsp3) is 0.269. The predicted octanol–water partition coefficient (Wildman–Crippen LogP) is 3.83. The van der Waals surface area contributed by atoms with E-state index in [1.165, 1.54) is 6.33 Å². The summed E-state index contributed by atoms with van der Waals surface area (Å²) in [6.45, 7) is 1.92. The summed E-state index contributed by atoms with van der Waals surface area (Å²) in [7, 11) is 0. The largest absolute Gasteiger partial charge is 0.457 e. The molecule has 2 heterocycles. The first-order valence-corrected chi connectivity index (χ1v) is 11.5. The molecule has 4 N–H and O–H groups in total. The highest BCUT2D eigenvalue weighted by Crippen LogP contribution is 2.26. The van der Waals surface area contributed by atoms with Gasteiger partial charge in [0.25, 0.3) is 0 Å². The van der Waals surface area contributed by atoms with Crippen LogP contribution in [0.5, 0.6) is 11.5 Å². The van der Waals surface area contributed by atoms with Crippen LogP contribution in [0.15, 0.2) is 60.9 Å². The number of piperidine rings is 1. The van der Waals surface area contributed by atoms with Gasteiger partial charge in [-0.3, -0.25) is 10.2 Å². The van der Waals surface area contributed by atoms with Gasteiger partial charge in [0.05, 0.1) is 17.3 Å². The van der Waals surface area contributed by atoms with Crippen LogP contribution in [0, 0.1) is 22.7 Å². The highest BCUT2D eigenvalue weighted by molar-refractivity contribution is 6.16. The van der Waals surface area contributed by atoms with Crippen molar-refractivity contribution in [1.29, 1.82) is 10.7 Å². The Morgan fingerprint density at radius 2 is 1.80 bits per heavy atom. The van der Waals surface area contributed by atoms with Crippen LogP contribution in [0.25, 0.3) is 0 Å². The number of anilines is 2. The number of rotatable bonds is 8. The van der Waals surface area contributed by atoms with Gasteiger partial charge in [0.15, 0.2) is 0 Å². The number of nitrogen functional groups attached to an aromatic ring is 1. The monoisotopic (exact) mass is 469 g/mol. The first kappa shape index (κ1) is 23.7. The van der Waals surface area contributed by atoms with E-state index >= 15 is 0 Å². The van der Waals surface area contributed by atoms with Gasteiger partial charge in [0.2, 0.25) is 5.91 Å². The maximum absolute atomic E-state index is 11.9. The average Bonchev–Trinajstić information content (AvgIpc) is 2.88. The van der Waals surface area contributed by atoms with Crippen molar-refractivity contribution in [3.8, 4) is 17.6 Å². The Morgan fingerprint density at radius 3 is 2.49 bits per heavy atom. The third-order valence-electron chi connectivity index (χ3n) is 6.00. The first-order valence-electron chi connectivity index (χ1n) is 11.5. The normalized spacial score (nSPS) is 13.6.